The molecule has 0 aliphatic carbocycles. The summed E-state index contributed by atoms with van der Waals surface area (Å²) in [5.74, 6) is -0.175. The fourth-order valence-electron chi connectivity index (χ4n) is 3.95. The van der Waals surface area contributed by atoms with Crippen LogP contribution in [0.4, 0.5) is 4.39 Å². The summed E-state index contributed by atoms with van der Waals surface area (Å²) in [7, 11) is 0. The van der Waals surface area contributed by atoms with Crippen LogP contribution in [0.1, 0.15) is 30.9 Å². The molecule has 4 nitrogen and oxygen atoms in total. The van der Waals surface area contributed by atoms with Crippen molar-refractivity contribution in [3.63, 3.8) is 0 Å². The Labute approximate surface area is 135 Å². The lowest BCUT2D eigenvalue weighted by Crippen LogP contribution is -2.47. The predicted octanol–water partition coefficient (Wildman–Crippen LogP) is 3.02. The molecule has 0 unspecified atom stereocenters. The van der Waals surface area contributed by atoms with Crippen LogP contribution >= 0.6 is 0 Å². The van der Waals surface area contributed by atoms with Crippen molar-refractivity contribution >= 4 is 0 Å². The quantitative estimate of drug-likeness (QED) is 0.872. The number of likely N-dealkylation sites (tertiary alicyclic amines) is 1. The van der Waals surface area contributed by atoms with Gasteiger partial charge >= 0.3 is 0 Å². The van der Waals surface area contributed by atoms with Crippen molar-refractivity contribution < 1.29 is 9.13 Å². The summed E-state index contributed by atoms with van der Waals surface area (Å²) in [4.78, 5) is 6.58. The highest BCUT2D eigenvalue weighted by atomic mass is 19.1. The fourth-order valence-corrected chi connectivity index (χ4v) is 3.95. The first-order valence-corrected chi connectivity index (χ1v) is 8.31. The molecule has 2 atom stereocenters. The van der Waals surface area contributed by atoms with E-state index >= 15 is 0 Å². The fraction of sp³-hybridized carbons (Fsp3) is 0.500. The van der Waals surface area contributed by atoms with Crippen molar-refractivity contribution in [1.29, 1.82) is 0 Å². The zero-order chi connectivity index (χ0) is 15.7. The Kier molecular flexibility index (Phi) is 3.91. The van der Waals surface area contributed by atoms with E-state index in [1.807, 2.05) is 30.9 Å². The van der Waals surface area contributed by atoms with E-state index < -0.39 is 0 Å². The lowest BCUT2D eigenvalue weighted by Gasteiger charge is -2.39. The summed E-state index contributed by atoms with van der Waals surface area (Å²) < 4.78 is 21.5. The highest BCUT2D eigenvalue weighted by Crippen LogP contribution is 2.39. The average molecular weight is 315 g/mol. The molecule has 1 spiro atoms. The van der Waals surface area contributed by atoms with E-state index in [4.69, 9.17) is 4.74 Å². The van der Waals surface area contributed by atoms with Crippen molar-refractivity contribution in [2.45, 2.75) is 37.5 Å². The van der Waals surface area contributed by atoms with E-state index in [-0.39, 0.29) is 11.4 Å². The van der Waals surface area contributed by atoms with Gasteiger partial charge in [-0.25, -0.2) is 9.37 Å². The molecule has 0 N–H and O–H groups in total. The molecule has 0 radical (unpaired) electrons. The van der Waals surface area contributed by atoms with Crippen LogP contribution in [0.3, 0.4) is 0 Å². The maximum Gasteiger partial charge on any atom is 0.123 e. The first-order chi connectivity index (χ1) is 11.2. The van der Waals surface area contributed by atoms with Crippen LogP contribution in [0.15, 0.2) is 43.0 Å². The molecule has 3 heterocycles. The van der Waals surface area contributed by atoms with E-state index in [9.17, 15) is 4.39 Å². The number of nitrogens with zero attached hydrogens (tertiary/aromatic N) is 3. The second-order valence-electron chi connectivity index (χ2n) is 6.80. The zero-order valence-corrected chi connectivity index (χ0v) is 13.2. The molecule has 2 aromatic rings. The monoisotopic (exact) mass is 315 g/mol. The maximum atomic E-state index is 13.0. The normalized spacial score (nSPS) is 28.5. The first-order valence-electron chi connectivity index (χ1n) is 8.31. The molecule has 1 aromatic heterocycles. The van der Waals surface area contributed by atoms with Gasteiger partial charge in [0.1, 0.15) is 5.82 Å². The standard InChI is InChI=1S/C18H22FN3O/c19-16-4-2-15(3-5-16)11-21-8-1-6-18(13-21)10-17(12-23-18)22-9-7-20-14-22/h2-5,7,9,14,17H,1,6,8,10-13H2/t17-,18-/m1/s1. The predicted molar refractivity (Wildman–Crippen MR) is 85.5 cm³/mol. The van der Waals surface area contributed by atoms with Crippen molar-refractivity contribution in [3.8, 4) is 0 Å². The molecule has 2 fully saturated rings. The summed E-state index contributed by atoms with van der Waals surface area (Å²) in [5.41, 5.74) is 1.13. The Morgan fingerprint density at radius 3 is 2.96 bits per heavy atom. The van der Waals surface area contributed by atoms with Gasteiger partial charge in [-0.1, -0.05) is 12.1 Å². The smallest absolute Gasteiger partial charge is 0.123 e. The molecule has 0 amide bonds. The van der Waals surface area contributed by atoms with Gasteiger partial charge in [0.25, 0.3) is 0 Å². The van der Waals surface area contributed by atoms with Gasteiger partial charge in [0.05, 0.1) is 24.6 Å². The Hall–Kier alpha value is -1.72. The van der Waals surface area contributed by atoms with Crippen molar-refractivity contribution in [1.82, 2.24) is 14.5 Å². The molecule has 4 rings (SSSR count). The first kappa shape index (κ1) is 14.8. The van der Waals surface area contributed by atoms with Gasteiger partial charge in [0.2, 0.25) is 0 Å². The molecule has 2 aliphatic rings. The lowest BCUT2D eigenvalue weighted by atomic mass is 9.88. The number of imidazole rings is 1. The van der Waals surface area contributed by atoms with E-state index in [0.717, 1.165) is 51.1 Å². The topological polar surface area (TPSA) is 30.3 Å². The number of ether oxygens (including phenoxy) is 1. The highest BCUT2D eigenvalue weighted by Gasteiger charge is 2.43. The van der Waals surface area contributed by atoms with Crippen molar-refractivity contribution in [3.05, 3.63) is 54.4 Å². The molecule has 2 aliphatic heterocycles. The Balaban J connectivity index is 1.42. The second-order valence-corrected chi connectivity index (χ2v) is 6.80. The molecule has 2 saturated heterocycles. The molecule has 23 heavy (non-hydrogen) atoms. The van der Waals surface area contributed by atoms with Crippen molar-refractivity contribution in [2.75, 3.05) is 19.7 Å². The Bertz CT molecular complexity index is 643. The minimum absolute atomic E-state index is 0.0345. The van der Waals surface area contributed by atoms with E-state index in [1.54, 1.807) is 0 Å². The Morgan fingerprint density at radius 1 is 1.30 bits per heavy atom. The van der Waals surface area contributed by atoms with Gasteiger partial charge < -0.3 is 9.30 Å². The molecular formula is C18H22FN3O. The van der Waals surface area contributed by atoms with E-state index in [2.05, 4.69) is 14.5 Å². The van der Waals surface area contributed by atoms with E-state index in [1.165, 1.54) is 12.1 Å². The van der Waals surface area contributed by atoms with Gasteiger partial charge in [0, 0.05) is 31.9 Å². The minimum Gasteiger partial charge on any atom is -0.371 e. The molecule has 0 bridgehead atoms. The van der Waals surface area contributed by atoms with Crippen LogP contribution in [-0.2, 0) is 11.3 Å². The van der Waals surface area contributed by atoms with Gasteiger partial charge in [-0.15, -0.1) is 0 Å². The summed E-state index contributed by atoms with van der Waals surface area (Å²) in [6.45, 7) is 3.66. The van der Waals surface area contributed by atoms with Crippen LogP contribution in [0.25, 0.3) is 0 Å². The number of hydrogen-bond acceptors (Lipinski definition) is 3. The number of hydrogen-bond donors (Lipinski definition) is 0. The highest BCUT2D eigenvalue weighted by molar-refractivity contribution is 5.16. The molecule has 5 heteroatoms. The number of halogens is 1. The third-order valence-corrected chi connectivity index (χ3v) is 5.07. The molecular weight excluding hydrogens is 293 g/mol. The number of aromatic nitrogens is 2. The summed E-state index contributed by atoms with van der Waals surface area (Å²) in [6.07, 6.45) is 9.05. The number of benzene rings is 1. The number of piperidine rings is 1. The Morgan fingerprint density at radius 2 is 2.17 bits per heavy atom. The largest absolute Gasteiger partial charge is 0.371 e. The van der Waals surface area contributed by atoms with Gasteiger partial charge in [0.15, 0.2) is 0 Å². The van der Waals surface area contributed by atoms with Crippen LogP contribution < -0.4 is 0 Å². The second kappa shape index (κ2) is 6.06. The molecule has 122 valence electrons. The SMILES string of the molecule is Fc1ccc(CN2CCC[C@@]3(C[C@@H](n4ccnc4)CO3)C2)cc1. The average Bonchev–Trinajstić information content (AvgIpc) is 3.20. The summed E-state index contributed by atoms with van der Waals surface area (Å²) in [6, 6.07) is 7.22. The van der Waals surface area contributed by atoms with Crippen molar-refractivity contribution in [2.24, 2.45) is 0 Å². The molecule has 0 saturated carbocycles. The van der Waals surface area contributed by atoms with E-state index in [0.29, 0.717) is 6.04 Å². The lowest BCUT2D eigenvalue weighted by molar-refractivity contribution is -0.0534. The van der Waals surface area contributed by atoms with Gasteiger partial charge in [-0.2, -0.15) is 0 Å². The molecule has 1 aromatic carbocycles. The minimum atomic E-state index is -0.175. The van der Waals surface area contributed by atoms with Crippen LogP contribution in [-0.4, -0.2) is 39.7 Å². The summed E-state index contributed by atoms with van der Waals surface area (Å²) in [5, 5.41) is 0. The third-order valence-electron chi connectivity index (χ3n) is 5.07. The number of rotatable bonds is 3. The zero-order valence-electron chi connectivity index (χ0n) is 13.2. The summed E-state index contributed by atoms with van der Waals surface area (Å²) >= 11 is 0. The third kappa shape index (κ3) is 3.16. The van der Waals surface area contributed by atoms with Gasteiger partial charge in [-0.05, 0) is 37.1 Å². The van der Waals surface area contributed by atoms with Gasteiger partial charge in [-0.3, -0.25) is 4.90 Å². The maximum absolute atomic E-state index is 13.0. The van der Waals surface area contributed by atoms with Crippen LogP contribution in [0.5, 0.6) is 0 Å². The van der Waals surface area contributed by atoms with Crippen LogP contribution in [0.2, 0.25) is 0 Å². The van der Waals surface area contributed by atoms with Crippen LogP contribution in [0, 0.1) is 5.82 Å².